The van der Waals surface area contributed by atoms with E-state index in [1.807, 2.05) is 0 Å². The van der Waals surface area contributed by atoms with Gasteiger partial charge in [0.2, 0.25) is 0 Å². The van der Waals surface area contributed by atoms with E-state index in [2.05, 4.69) is 0 Å². The largest absolute Gasteiger partial charge is 0.394 e. The third-order valence-electron chi connectivity index (χ3n) is 10.4. The highest BCUT2D eigenvalue weighted by atomic mass is 16.8. The molecule has 5 aliphatic rings. The average Bonchev–Trinajstić information content (AvgIpc) is 3.19. The van der Waals surface area contributed by atoms with E-state index in [9.17, 15) is 81.7 Å². The van der Waals surface area contributed by atoms with E-state index >= 15 is 0 Å². The Morgan fingerprint density at radius 1 is 0.321 bits per heavy atom. The summed E-state index contributed by atoms with van der Waals surface area (Å²) in [7, 11) is 0. The Morgan fingerprint density at radius 3 is 0.875 bits per heavy atom. The molecule has 0 aromatic carbocycles. The normalized spacial score (nSPS) is 53.2. The Morgan fingerprint density at radius 2 is 0.571 bits per heavy atom. The lowest BCUT2D eigenvalue weighted by molar-refractivity contribution is -0.392. The maximum atomic E-state index is 11.1. The van der Waals surface area contributed by atoms with Crippen LogP contribution in [0.4, 0.5) is 0 Å². The minimum absolute atomic E-state index is 0.686. The van der Waals surface area contributed by atoms with Crippen molar-refractivity contribution in [1.82, 2.24) is 0 Å². The van der Waals surface area contributed by atoms with Crippen LogP contribution in [0.5, 0.6) is 0 Å². The van der Waals surface area contributed by atoms with Gasteiger partial charge in [0.1, 0.15) is 116 Å². The molecule has 0 bridgehead atoms. The van der Waals surface area contributed by atoms with Gasteiger partial charge in [-0.2, -0.15) is 0 Å². The molecule has 18 N–H and O–H groups in total. The standard InChI is InChI=1S/C30H53NO25/c31-11-6(1-32)49-27(18(43)12(11)37)54-23-8(3-34)51-29(20(45)14(23)39)56-25-10(5-36)52-30(21(46)16(25)41)55-24-9(4-35)50-28(19(44)15(24)40)53-22-7(2-33)48-26(47)17(42)13(22)38/h6-30,32-47H,1-5,31H2. The summed E-state index contributed by atoms with van der Waals surface area (Å²) in [5, 5.41) is 166. The molecule has 5 heterocycles. The van der Waals surface area contributed by atoms with Gasteiger partial charge >= 0.3 is 0 Å². The highest BCUT2D eigenvalue weighted by Gasteiger charge is 2.56. The topological polar surface area (TPSA) is 433 Å². The molecule has 0 aliphatic carbocycles. The van der Waals surface area contributed by atoms with Gasteiger partial charge in [0.25, 0.3) is 0 Å². The average molecular weight is 828 g/mol. The van der Waals surface area contributed by atoms with Crippen LogP contribution in [0.15, 0.2) is 0 Å². The van der Waals surface area contributed by atoms with E-state index in [1.165, 1.54) is 0 Å². The van der Waals surface area contributed by atoms with Crippen molar-refractivity contribution >= 4 is 0 Å². The molecule has 0 aromatic rings. The van der Waals surface area contributed by atoms with Crippen molar-refractivity contribution in [3.05, 3.63) is 0 Å². The second-order valence-electron chi connectivity index (χ2n) is 14.0. The summed E-state index contributed by atoms with van der Waals surface area (Å²) in [6.45, 7) is -4.34. The van der Waals surface area contributed by atoms with Crippen molar-refractivity contribution in [2.75, 3.05) is 33.0 Å². The van der Waals surface area contributed by atoms with Crippen LogP contribution in [-0.4, -0.2) is 268 Å². The van der Waals surface area contributed by atoms with Crippen molar-refractivity contribution in [1.29, 1.82) is 0 Å². The van der Waals surface area contributed by atoms with Crippen LogP contribution in [0.2, 0.25) is 0 Å². The Labute approximate surface area is 316 Å². The van der Waals surface area contributed by atoms with Crippen LogP contribution in [0.25, 0.3) is 0 Å². The molecule has 5 aliphatic heterocycles. The number of hydrogen-bond acceptors (Lipinski definition) is 26. The van der Waals surface area contributed by atoms with E-state index in [1.54, 1.807) is 0 Å². The third kappa shape index (κ3) is 9.16. The van der Waals surface area contributed by atoms with Gasteiger partial charge in [0.15, 0.2) is 31.5 Å². The molecule has 56 heavy (non-hydrogen) atoms. The van der Waals surface area contributed by atoms with Gasteiger partial charge in [-0.1, -0.05) is 0 Å². The number of aliphatic hydroxyl groups excluding tert-OH is 16. The molecule has 0 aromatic heterocycles. The molecule has 0 radical (unpaired) electrons. The van der Waals surface area contributed by atoms with Crippen LogP contribution in [0, 0.1) is 0 Å². The first-order valence-electron chi connectivity index (χ1n) is 17.7. The van der Waals surface area contributed by atoms with E-state index in [-0.39, 0.29) is 0 Å². The number of rotatable bonds is 13. The van der Waals surface area contributed by atoms with Crippen LogP contribution < -0.4 is 5.73 Å². The SMILES string of the molecule is NC1C(CO)OC(OC2C(CO)OC(OC3C(CO)OC(OC4C(CO)OC(OC5C(CO)OC(O)C(O)C5O)C(O)C4O)C(O)C3O)C(O)C2O)C(O)C1O. The molecule has 5 rings (SSSR count). The molecule has 26 nitrogen and oxygen atoms in total. The highest BCUT2D eigenvalue weighted by molar-refractivity contribution is 4.99. The molecule has 25 unspecified atom stereocenters. The molecule has 26 heteroatoms. The molecule has 0 amide bonds. The van der Waals surface area contributed by atoms with E-state index < -0.39 is 187 Å². The zero-order valence-corrected chi connectivity index (χ0v) is 29.4. The summed E-state index contributed by atoms with van der Waals surface area (Å²) in [5.74, 6) is 0. The highest BCUT2D eigenvalue weighted by Crippen LogP contribution is 2.35. The molecular weight excluding hydrogens is 774 g/mol. The smallest absolute Gasteiger partial charge is 0.187 e. The fourth-order valence-corrected chi connectivity index (χ4v) is 7.08. The monoisotopic (exact) mass is 827 g/mol. The second-order valence-corrected chi connectivity index (χ2v) is 14.0. The van der Waals surface area contributed by atoms with Gasteiger partial charge in [0, 0.05) is 0 Å². The van der Waals surface area contributed by atoms with Crippen molar-refractivity contribution < 1.29 is 124 Å². The summed E-state index contributed by atoms with van der Waals surface area (Å²) >= 11 is 0. The third-order valence-corrected chi connectivity index (χ3v) is 10.4. The maximum absolute atomic E-state index is 11.1. The van der Waals surface area contributed by atoms with E-state index in [0.717, 1.165) is 0 Å². The Bertz CT molecular complexity index is 1200. The molecule has 5 fully saturated rings. The maximum Gasteiger partial charge on any atom is 0.187 e. The lowest BCUT2D eigenvalue weighted by Crippen LogP contribution is -2.68. The van der Waals surface area contributed by atoms with Gasteiger partial charge in [-0.05, 0) is 0 Å². The van der Waals surface area contributed by atoms with E-state index in [0.29, 0.717) is 0 Å². The predicted molar refractivity (Wildman–Crippen MR) is 168 cm³/mol. The number of hydrogen-bond donors (Lipinski definition) is 17. The number of aliphatic hydroxyl groups is 16. The quantitative estimate of drug-likeness (QED) is 0.0819. The van der Waals surface area contributed by atoms with Crippen LogP contribution in [0.3, 0.4) is 0 Å². The summed E-state index contributed by atoms with van der Waals surface area (Å²) in [5.41, 5.74) is 5.74. The van der Waals surface area contributed by atoms with E-state index in [4.69, 9.17) is 48.4 Å². The van der Waals surface area contributed by atoms with Gasteiger partial charge in [0.05, 0.1) is 39.1 Å². The lowest BCUT2D eigenvalue weighted by Gasteiger charge is -2.49. The molecular formula is C30H53NO25. The van der Waals surface area contributed by atoms with Gasteiger partial charge in [-0.15, -0.1) is 0 Å². The van der Waals surface area contributed by atoms with Gasteiger partial charge in [-0.25, -0.2) is 0 Å². The summed E-state index contributed by atoms with van der Waals surface area (Å²) in [6, 6.07) is -1.22. The first kappa shape index (κ1) is 46.0. The van der Waals surface area contributed by atoms with Crippen LogP contribution in [0.1, 0.15) is 0 Å². The van der Waals surface area contributed by atoms with Crippen molar-refractivity contribution in [3.8, 4) is 0 Å². The fourth-order valence-electron chi connectivity index (χ4n) is 7.08. The van der Waals surface area contributed by atoms with Gasteiger partial charge in [-0.3, -0.25) is 0 Å². The first-order chi connectivity index (χ1) is 26.5. The summed E-state index contributed by atoms with van der Waals surface area (Å²) in [4.78, 5) is 0. The number of nitrogens with two attached hydrogens (primary N) is 1. The van der Waals surface area contributed by atoms with Crippen molar-refractivity contribution in [2.24, 2.45) is 5.73 Å². The predicted octanol–water partition coefficient (Wildman–Crippen LogP) is -12.0. The van der Waals surface area contributed by atoms with Crippen molar-refractivity contribution in [2.45, 2.75) is 153 Å². The lowest BCUT2D eigenvalue weighted by atomic mass is 9.95. The summed E-state index contributed by atoms with van der Waals surface area (Å²) < 4.78 is 49.3. The fraction of sp³-hybridized carbons (Fsp3) is 1.00. The molecule has 5 saturated heterocycles. The van der Waals surface area contributed by atoms with Gasteiger partial charge < -0.3 is 130 Å². The Hall–Kier alpha value is -1.04. The first-order valence-corrected chi connectivity index (χ1v) is 17.7. The van der Waals surface area contributed by atoms with Crippen molar-refractivity contribution in [3.63, 3.8) is 0 Å². The van der Waals surface area contributed by atoms with Crippen LogP contribution >= 0.6 is 0 Å². The minimum Gasteiger partial charge on any atom is -0.394 e. The second kappa shape index (κ2) is 19.6. The molecule has 0 saturated carbocycles. The Kier molecular flexibility index (Phi) is 16.1. The zero-order chi connectivity index (χ0) is 41.3. The summed E-state index contributed by atoms with van der Waals surface area (Å²) in [6.07, 6.45) is -43.1. The molecule has 328 valence electrons. The minimum atomic E-state index is -2.11. The molecule has 0 spiro atoms. The molecule has 25 atom stereocenters. The Balaban J connectivity index is 1.22. The van der Waals surface area contributed by atoms with Crippen LogP contribution in [-0.2, 0) is 42.6 Å². The number of ether oxygens (including phenoxy) is 9. The zero-order valence-electron chi connectivity index (χ0n) is 29.4.